The summed E-state index contributed by atoms with van der Waals surface area (Å²) in [6.07, 6.45) is -0.888. The normalized spacial score (nSPS) is 12.9. The summed E-state index contributed by atoms with van der Waals surface area (Å²) in [5.41, 5.74) is 2.81. The van der Waals surface area contributed by atoms with Crippen molar-refractivity contribution in [3.05, 3.63) is 64.2 Å². The Morgan fingerprint density at radius 1 is 1.24 bits per heavy atom. The van der Waals surface area contributed by atoms with Crippen molar-refractivity contribution in [1.82, 2.24) is 10.3 Å². The highest BCUT2D eigenvalue weighted by Crippen LogP contribution is 2.24. The van der Waals surface area contributed by atoms with Crippen molar-refractivity contribution in [2.75, 3.05) is 0 Å². The zero-order valence-electron chi connectivity index (χ0n) is 13.6. The second kappa shape index (κ2) is 8.36. The molecule has 25 heavy (non-hydrogen) atoms. The van der Waals surface area contributed by atoms with Gasteiger partial charge in [-0.2, -0.15) is 0 Å². The number of hydrogen-bond donors (Lipinski definition) is 2. The molecular weight excluding hydrogens is 346 g/mol. The zero-order valence-corrected chi connectivity index (χ0v) is 14.4. The minimum absolute atomic E-state index is 0.0538. The molecule has 8 nitrogen and oxygen atoms in total. The number of carbonyl (C=O) groups is 1. The van der Waals surface area contributed by atoms with Gasteiger partial charge in [-0.3, -0.25) is 20.3 Å². The summed E-state index contributed by atoms with van der Waals surface area (Å²) in [4.78, 5) is 25.2. The minimum atomic E-state index is -1.59. The van der Waals surface area contributed by atoms with Gasteiger partial charge in [0.15, 0.2) is 6.10 Å². The van der Waals surface area contributed by atoms with Crippen LogP contribution < -0.4 is 15.0 Å². The molecule has 2 atom stereocenters. The number of benzene rings is 2. The molecule has 2 aromatic rings. The van der Waals surface area contributed by atoms with Gasteiger partial charge in [0.25, 0.3) is 11.6 Å². The summed E-state index contributed by atoms with van der Waals surface area (Å²) in [6.45, 7) is 3.17. The van der Waals surface area contributed by atoms with Gasteiger partial charge in [0.05, 0.1) is 9.82 Å². The third kappa shape index (κ3) is 5.10. The van der Waals surface area contributed by atoms with Crippen molar-refractivity contribution in [2.45, 2.75) is 24.8 Å². The van der Waals surface area contributed by atoms with Gasteiger partial charge in [-0.1, -0.05) is 18.2 Å². The quantitative estimate of drug-likeness (QED) is 0.577. The number of ether oxygens (including phenoxy) is 1. The largest absolute Gasteiger partial charge is 0.481 e. The molecule has 2 N–H and O–H groups in total. The van der Waals surface area contributed by atoms with E-state index in [9.17, 15) is 19.1 Å². The first-order valence-corrected chi connectivity index (χ1v) is 8.47. The number of nitro benzene ring substituents is 1. The summed E-state index contributed by atoms with van der Waals surface area (Å²) in [6, 6.07) is 12.7. The van der Waals surface area contributed by atoms with Gasteiger partial charge in [0, 0.05) is 12.1 Å². The Labute approximate surface area is 146 Å². The van der Waals surface area contributed by atoms with E-state index >= 15 is 0 Å². The van der Waals surface area contributed by atoms with Gasteiger partial charge in [0.1, 0.15) is 16.7 Å². The van der Waals surface area contributed by atoms with Crippen molar-refractivity contribution in [3.8, 4) is 5.75 Å². The van der Waals surface area contributed by atoms with Crippen LogP contribution in [0.25, 0.3) is 0 Å². The second-order valence-corrected chi connectivity index (χ2v) is 6.35. The molecule has 0 saturated heterocycles. The lowest BCUT2D eigenvalue weighted by Gasteiger charge is -2.16. The maximum Gasteiger partial charge on any atom is 0.275 e. The Morgan fingerprint density at radius 2 is 1.92 bits per heavy atom. The molecule has 0 saturated carbocycles. The van der Waals surface area contributed by atoms with Crippen LogP contribution in [-0.4, -0.2) is 21.1 Å². The van der Waals surface area contributed by atoms with Crippen LogP contribution in [0.5, 0.6) is 5.75 Å². The fourth-order valence-corrected chi connectivity index (χ4v) is 2.64. The minimum Gasteiger partial charge on any atom is -0.481 e. The summed E-state index contributed by atoms with van der Waals surface area (Å²) in [5, 5.41) is 10.7. The number of amides is 1. The van der Waals surface area contributed by atoms with Crippen molar-refractivity contribution >= 4 is 22.6 Å². The van der Waals surface area contributed by atoms with Crippen LogP contribution in [0.3, 0.4) is 0 Å². The molecule has 2 unspecified atom stereocenters. The van der Waals surface area contributed by atoms with Crippen LogP contribution in [0.1, 0.15) is 12.5 Å². The monoisotopic (exact) mass is 363 g/mol. The summed E-state index contributed by atoms with van der Waals surface area (Å²) < 4.78 is 17.5. The van der Waals surface area contributed by atoms with Gasteiger partial charge in [-0.25, -0.2) is 4.21 Å². The van der Waals surface area contributed by atoms with Gasteiger partial charge < -0.3 is 4.74 Å². The van der Waals surface area contributed by atoms with Crippen molar-refractivity contribution < 1.29 is 18.7 Å². The van der Waals surface area contributed by atoms with Crippen LogP contribution >= 0.6 is 0 Å². The summed E-state index contributed by atoms with van der Waals surface area (Å²) in [5.74, 6) is -0.167. The Kier molecular flexibility index (Phi) is 6.20. The van der Waals surface area contributed by atoms with E-state index in [1.54, 1.807) is 37.3 Å². The van der Waals surface area contributed by atoms with E-state index in [0.717, 1.165) is 0 Å². The first kappa shape index (κ1) is 18.6. The van der Waals surface area contributed by atoms with E-state index in [4.69, 9.17) is 4.74 Å². The molecule has 0 aliphatic carbocycles. The maximum atomic E-state index is 12.0. The molecule has 132 valence electrons. The third-order valence-corrected chi connectivity index (χ3v) is 4.25. The molecule has 9 heteroatoms. The predicted molar refractivity (Wildman–Crippen MR) is 92.1 cm³/mol. The zero-order chi connectivity index (χ0) is 18.4. The van der Waals surface area contributed by atoms with Crippen molar-refractivity contribution in [1.29, 1.82) is 0 Å². The molecule has 0 radical (unpaired) electrons. The van der Waals surface area contributed by atoms with E-state index in [2.05, 4.69) is 10.3 Å². The molecule has 0 spiro atoms. The van der Waals surface area contributed by atoms with E-state index in [1.807, 2.05) is 0 Å². The average Bonchev–Trinajstić information content (AvgIpc) is 2.61. The average molecular weight is 363 g/mol. The van der Waals surface area contributed by atoms with E-state index < -0.39 is 27.9 Å². The van der Waals surface area contributed by atoms with Gasteiger partial charge in [-0.05, 0) is 37.6 Å². The van der Waals surface area contributed by atoms with Crippen molar-refractivity contribution in [2.24, 2.45) is 0 Å². The van der Waals surface area contributed by atoms with E-state index in [0.29, 0.717) is 16.2 Å². The predicted octanol–water partition coefficient (Wildman–Crippen LogP) is 2.01. The van der Waals surface area contributed by atoms with E-state index in [1.165, 1.54) is 25.1 Å². The molecule has 2 rings (SSSR count). The van der Waals surface area contributed by atoms with E-state index in [-0.39, 0.29) is 5.69 Å². The number of rotatable bonds is 7. The Morgan fingerprint density at radius 3 is 2.52 bits per heavy atom. The number of nitro groups is 1. The van der Waals surface area contributed by atoms with Crippen LogP contribution in [-0.2, 0) is 15.8 Å². The highest BCUT2D eigenvalue weighted by atomic mass is 32.2. The molecule has 0 aliphatic rings. The summed E-state index contributed by atoms with van der Waals surface area (Å²) in [7, 11) is -1.59. The number of carbonyl (C=O) groups excluding carboxylic acids is 1. The fraction of sp³-hybridized carbons (Fsp3) is 0.188. The maximum absolute atomic E-state index is 12.0. The molecule has 2 aromatic carbocycles. The number of hydrazine groups is 1. The van der Waals surface area contributed by atoms with Crippen LogP contribution in [0.15, 0.2) is 53.4 Å². The molecule has 0 bridgehead atoms. The van der Waals surface area contributed by atoms with Crippen LogP contribution in [0.2, 0.25) is 0 Å². The molecular formula is C16H17N3O5S. The molecule has 0 heterocycles. The molecule has 0 aromatic heterocycles. The smallest absolute Gasteiger partial charge is 0.275 e. The molecule has 0 aliphatic heterocycles. The van der Waals surface area contributed by atoms with Gasteiger partial charge in [0.2, 0.25) is 0 Å². The molecule has 1 amide bonds. The number of hydrogen-bond acceptors (Lipinski definition) is 5. The lowest BCUT2D eigenvalue weighted by Crippen LogP contribution is -2.45. The van der Waals surface area contributed by atoms with Crippen LogP contribution in [0.4, 0.5) is 5.69 Å². The van der Waals surface area contributed by atoms with Crippen LogP contribution in [0, 0.1) is 17.0 Å². The summed E-state index contributed by atoms with van der Waals surface area (Å²) >= 11 is 0. The SMILES string of the molecule is Cc1cc([N+](=O)[O-])ccc1OC(C)C(=O)NNS(=O)c1ccccc1. The first-order valence-electron chi connectivity index (χ1n) is 7.32. The topological polar surface area (TPSA) is 111 Å². The number of nitrogens with one attached hydrogen (secondary N) is 2. The number of nitrogens with zero attached hydrogens (tertiary/aromatic N) is 1. The van der Waals surface area contributed by atoms with Gasteiger partial charge in [-0.15, -0.1) is 4.83 Å². The molecule has 0 fully saturated rings. The van der Waals surface area contributed by atoms with Gasteiger partial charge >= 0.3 is 0 Å². The highest BCUT2D eigenvalue weighted by Gasteiger charge is 2.17. The fourth-order valence-electron chi connectivity index (χ4n) is 1.92. The Balaban J connectivity index is 1.92. The third-order valence-electron chi connectivity index (χ3n) is 3.27. The Bertz CT molecular complexity index is 798. The highest BCUT2D eigenvalue weighted by molar-refractivity contribution is 7.83. The number of non-ortho nitro benzene ring substituents is 1. The first-order chi connectivity index (χ1) is 11.9. The Hall–Kier alpha value is -2.78. The van der Waals surface area contributed by atoms with Crippen molar-refractivity contribution in [3.63, 3.8) is 0 Å². The second-order valence-electron chi connectivity index (χ2n) is 5.14. The lowest BCUT2D eigenvalue weighted by atomic mass is 10.2. The lowest BCUT2D eigenvalue weighted by molar-refractivity contribution is -0.384. The standard InChI is InChI=1S/C16H17N3O5S/c1-11-10-13(19(21)22)8-9-15(11)24-12(2)16(20)17-18-25(23)14-6-4-3-5-7-14/h3-10,12,18H,1-2H3,(H,17,20). The number of aryl methyl sites for hydroxylation is 1.